The smallest absolute Gasteiger partial charge is 0.337 e. The summed E-state index contributed by atoms with van der Waals surface area (Å²) in [6.07, 6.45) is 0.992. The van der Waals surface area contributed by atoms with E-state index in [1.165, 1.54) is 0 Å². The minimum atomic E-state index is -0.904. The largest absolute Gasteiger partial charge is 0.478 e. The predicted octanol–water partition coefficient (Wildman–Crippen LogP) is 1.55. The Bertz CT molecular complexity index is 574. The van der Waals surface area contributed by atoms with E-state index < -0.39 is 5.97 Å². The van der Waals surface area contributed by atoms with Gasteiger partial charge < -0.3 is 15.0 Å². The lowest BCUT2D eigenvalue weighted by Gasteiger charge is -2.16. The second-order valence-corrected chi connectivity index (χ2v) is 3.85. The first-order valence-corrected chi connectivity index (χ1v) is 5.24. The van der Waals surface area contributed by atoms with Crippen molar-refractivity contribution in [3.05, 3.63) is 23.8 Å². The molecule has 0 aliphatic carbocycles. The molecule has 3 rings (SSSR count). The number of rotatable bonds is 1. The lowest BCUT2D eigenvalue weighted by atomic mass is 10.2. The lowest BCUT2D eigenvalue weighted by molar-refractivity contribution is 0.0698. The maximum absolute atomic E-state index is 11.1. The van der Waals surface area contributed by atoms with Crippen LogP contribution in [0, 0.1) is 0 Å². The SMILES string of the molecule is O=C(O)c1cccc2nc3n(c12)CCCN3. The van der Waals surface area contributed by atoms with E-state index in [9.17, 15) is 4.79 Å². The lowest BCUT2D eigenvalue weighted by Crippen LogP contribution is -2.17. The summed E-state index contributed by atoms with van der Waals surface area (Å²) < 4.78 is 1.95. The number of hydrogen-bond acceptors (Lipinski definition) is 3. The van der Waals surface area contributed by atoms with E-state index in [1.54, 1.807) is 12.1 Å². The number of anilines is 1. The van der Waals surface area contributed by atoms with Crippen molar-refractivity contribution in [2.45, 2.75) is 13.0 Å². The summed E-state index contributed by atoms with van der Waals surface area (Å²) in [5.41, 5.74) is 1.78. The Hall–Kier alpha value is -2.04. The van der Waals surface area contributed by atoms with Gasteiger partial charge in [0.1, 0.15) is 0 Å². The van der Waals surface area contributed by atoms with Crippen LogP contribution in [0.15, 0.2) is 18.2 Å². The Morgan fingerprint density at radius 1 is 1.50 bits per heavy atom. The molecule has 2 N–H and O–H groups in total. The van der Waals surface area contributed by atoms with E-state index >= 15 is 0 Å². The summed E-state index contributed by atoms with van der Waals surface area (Å²) in [6, 6.07) is 5.19. The molecule has 5 heteroatoms. The highest BCUT2D eigenvalue weighted by Gasteiger charge is 2.18. The number of benzene rings is 1. The van der Waals surface area contributed by atoms with Gasteiger partial charge in [-0.1, -0.05) is 6.07 Å². The topological polar surface area (TPSA) is 67.1 Å². The van der Waals surface area contributed by atoms with Crippen LogP contribution in [0.4, 0.5) is 5.95 Å². The molecule has 1 aliphatic rings. The van der Waals surface area contributed by atoms with E-state index in [2.05, 4.69) is 10.3 Å². The van der Waals surface area contributed by atoms with Crippen molar-refractivity contribution >= 4 is 23.0 Å². The van der Waals surface area contributed by atoms with Gasteiger partial charge in [0.25, 0.3) is 0 Å². The van der Waals surface area contributed by atoms with Crippen LogP contribution in [0.3, 0.4) is 0 Å². The second kappa shape index (κ2) is 3.23. The minimum absolute atomic E-state index is 0.319. The first kappa shape index (κ1) is 9.21. The van der Waals surface area contributed by atoms with E-state index in [1.807, 2.05) is 10.6 Å². The Balaban J connectivity index is 2.36. The molecule has 5 nitrogen and oxygen atoms in total. The van der Waals surface area contributed by atoms with E-state index in [0.29, 0.717) is 5.56 Å². The number of carbonyl (C=O) groups is 1. The number of fused-ring (bicyclic) bond motifs is 3. The number of aryl methyl sites for hydroxylation is 1. The highest BCUT2D eigenvalue weighted by molar-refractivity contribution is 6.01. The van der Waals surface area contributed by atoms with Crippen LogP contribution in [-0.4, -0.2) is 27.2 Å². The van der Waals surface area contributed by atoms with Crippen LogP contribution in [0.5, 0.6) is 0 Å². The molecule has 2 aromatic rings. The van der Waals surface area contributed by atoms with Gasteiger partial charge in [-0.05, 0) is 18.6 Å². The first-order chi connectivity index (χ1) is 7.77. The van der Waals surface area contributed by atoms with Gasteiger partial charge in [0.05, 0.1) is 16.6 Å². The third-order valence-corrected chi connectivity index (χ3v) is 2.84. The Labute approximate surface area is 91.7 Å². The Morgan fingerprint density at radius 3 is 3.19 bits per heavy atom. The number of nitrogens with one attached hydrogen (secondary N) is 1. The van der Waals surface area contributed by atoms with Gasteiger partial charge in [-0.3, -0.25) is 0 Å². The maximum Gasteiger partial charge on any atom is 0.337 e. The van der Waals surface area contributed by atoms with Crippen molar-refractivity contribution in [2.24, 2.45) is 0 Å². The summed E-state index contributed by atoms with van der Waals surface area (Å²) in [6.45, 7) is 1.72. The fourth-order valence-electron chi connectivity index (χ4n) is 2.15. The van der Waals surface area contributed by atoms with Crippen molar-refractivity contribution in [1.29, 1.82) is 0 Å². The number of aromatic carboxylic acids is 1. The maximum atomic E-state index is 11.1. The van der Waals surface area contributed by atoms with Gasteiger partial charge in [0.2, 0.25) is 5.95 Å². The molecule has 0 saturated carbocycles. The van der Waals surface area contributed by atoms with Crippen LogP contribution < -0.4 is 5.32 Å². The molecule has 0 radical (unpaired) electrons. The molecule has 1 aromatic carbocycles. The summed E-state index contributed by atoms with van der Waals surface area (Å²) >= 11 is 0. The van der Waals surface area contributed by atoms with Crippen LogP contribution in [-0.2, 0) is 6.54 Å². The zero-order valence-electron chi connectivity index (χ0n) is 8.60. The zero-order valence-corrected chi connectivity index (χ0v) is 8.60. The number of hydrogen-bond donors (Lipinski definition) is 2. The zero-order chi connectivity index (χ0) is 11.1. The molecule has 0 fully saturated rings. The molecular formula is C11H11N3O2. The number of aromatic nitrogens is 2. The third kappa shape index (κ3) is 1.18. The van der Waals surface area contributed by atoms with Gasteiger partial charge in [-0.25, -0.2) is 9.78 Å². The molecule has 0 unspecified atom stereocenters. The highest BCUT2D eigenvalue weighted by atomic mass is 16.4. The average molecular weight is 217 g/mol. The van der Waals surface area contributed by atoms with Gasteiger partial charge >= 0.3 is 5.97 Å². The van der Waals surface area contributed by atoms with Crippen LogP contribution >= 0.6 is 0 Å². The van der Waals surface area contributed by atoms with Crippen LogP contribution in [0.2, 0.25) is 0 Å². The molecule has 1 aromatic heterocycles. The average Bonchev–Trinajstić information content (AvgIpc) is 2.66. The van der Waals surface area contributed by atoms with Gasteiger partial charge in [0.15, 0.2) is 0 Å². The molecular weight excluding hydrogens is 206 g/mol. The molecule has 82 valence electrons. The van der Waals surface area contributed by atoms with Gasteiger partial charge in [-0.2, -0.15) is 0 Å². The van der Waals surface area contributed by atoms with Crippen molar-refractivity contribution in [2.75, 3.05) is 11.9 Å². The Morgan fingerprint density at radius 2 is 2.38 bits per heavy atom. The van der Waals surface area contributed by atoms with E-state index in [4.69, 9.17) is 5.11 Å². The third-order valence-electron chi connectivity index (χ3n) is 2.84. The number of carboxylic acid groups (broad SMARTS) is 1. The van der Waals surface area contributed by atoms with Crippen molar-refractivity contribution in [3.63, 3.8) is 0 Å². The summed E-state index contributed by atoms with van der Waals surface area (Å²) in [4.78, 5) is 15.5. The van der Waals surface area contributed by atoms with Gasteiger partial charge in [-0.15, -0.1) is 0 Å². The molecule has 16 heavy (non-hydrogen) atoms. The number of carboxylic acids is 1. The molecule has 0 atom stereocenters. The summed E-state index contributed by atoms with van der Waals surface area (Å²) in [7, 11) is 0. The van der Waals surface area contributed by atoms with Crippen molar-refractivity contribution in [3.8, 4) is 0 Å². The van der Waals surface area contributed by atoms with Crippen molar-refractivity contribution < 1.29 is 9.90 Å². The molecule has 2 heterocycles. The molecule has 0 amide bonds. The van der Waals surface area contributed by atoms with Crippen molar-refractivity contribution in [1.82, 2.24) is 9.55 Å². The quantitative estimate of drug-likeness (QED) is 0.760. The fraction of sp³-hybridized carbons (Fsp3) is 0.273. The van der Waals surface area contributed by atoms with E-state index in [-0.39, 0.29) is 0 Å². The monoisotopic (exact) mass is 217 g/mol. The fourth-order valence-corrected chi connectivity index (χ4v) is 2.15. The normalized spacial score (nSPS) is 14.5. The summed E-state index contributed by atoms with van der Waals surface area (Å²) in [5.74, 6) is -0.131. The standard InChI is InChI=1S/C11H11N3O2/c15-10(16)7-3-1-4-8-9(7)14-6-2-5-12-11(14)13-8/h1,3-4H,2,5-6H2,(H,12,13)(H,15,16). The Kier molecular flexibility index (Phi) is 1.86. The summed E-state index contributed by atoms with van der Waals surface area (Å²) in [5, 5.41) is 12.3. The molecule has 0 saturated heterocycles. The van der Waals surface area contributed by atoms with E-state index in [0.717, 1.165) is 36.5 Å². The van der Waals surface area contributed by atoms with Crippen LogP contribution in [0.1, 0.15) is 16.8 Å². The second-order valence-electron chi connectivity index (χ2n) is 3.85. The molecule has 0 bridgehead atoms. The first-order valence-electron chi connectivity index (χ1n) is 5.24. The molecule has 1 aliphatic heterocycles. The number of nitrogens with zero attached hydrogens (tertiary/aromatic N) is 2. The van der Waals surface area contributed by atoms with Gasteiger partial charge in [0, 0.05) is 13.1 Å². The molecule has 0 spiro atoms. The predicted molar refractivity (Wildman–Crippen MR) is 59.8 cm³/mol. The van der Waals surface area contributed by atoms with Crippen LogP contribution in [0.25, 0.3) is 11.0 Å². The number of para-hydroxylation sites is 1. The minimum Gasteiger partial charge on any atom is -0.478 e. The highest BCUT2D eigenvalue weighted by Crippen LogP contribution is 2.25. The number of imidazole rings is 1.